The Kier molecular flexibility index (Phi) is 3.66. The molecule has 0 saturated carbocycles. The van der Waals surface area contributed by atoms with Gasteiger partial charge in [-0.25, -0.2) is 0 Å². The topological polar surface area (TPSA) is 39.8 Å². The lowest BCUT2D eigenvalue weighted by Crippen LogP contribution is -2.19. The van der Waals surface area contributed by atoms with Crippen molar-refractivity contribution < 1.29 is 0 Å². The van der Waals surface area contributed by atoms with Crippen molar-refractivity contribution in [2.75, 3.05) is 0 Å². The van der Waals surface area contributed by atoms with Crippen LogP contribution in [0.3, 0.4) is 0 Å². The number of hydrogen-bond donors (Lipinski definition) is 0. The Hall–Kier alpha value is -1.11. The van der Waals surface area contributed by atoms with Crippen molar-refractivity contribution in [2.24, 2.45) is 0 Å². The van der Waals surface area contributed by atoms with Crippen LogP contribution in [0.5, 0.6) is 0 Å². The zero-order valence-corrected chi connectivity index (χ0v) is 12.0. The maximum absolute atomic E-state index is 11.6. The van der Waals surface area contributed by atoms with E-state index < -0.39 is 0 Å². The van der Waals surface area contributed by atoms with Gasteiger partial charge in [0.2, 0.25) is 0 Å². The molecule has 0 N–H and O–H groups in total. The second-order valence-corrected chi connectivity index (χ2v) is 5.44. The number of rotatable bonds is 3. The van der Waals surface area contributed by atoms with Gasteiger partial charge in [0.25, 0.3) is 5.56 Å². The molecule has 0 aromatic carbocycles. The average Bonchev–Trinajstić information content (AvgIpc) is 2.72. The van der Waals surface area contributed by atoms with Gasteiger partial charge in [0, 0.05) is 28.1 Å². The Morgan fingerprint density at radius 2 is 2.12 bits per heavy atom. The minimum absolute atomic E-state index is 0.00418. The quantitative estimate of drug-likeness (QED) is 0.803. The van der Waals surface area contributed by atoms with E-state index in [0.29, 0.717) is 12.6 Å². The number of pyridine rings is 1. The largest absolute Gasteiger partial charge is 0.308 e. The van der Waals surface area contributed by atoms with Crippen molar-refractivity contribution in [1.82, 2.24) is 14.3 Å². The third kappa shape index (κ3) is 2.96. The number of hydrogen-bond acceptors (Lipinski definition) is 2. The summed E-state index contributed by atoms with van der Waals surface area (Å²) in [7, 11) is 0. The Morgan fingerprint density at radius 3 is 2.76 bits per heavy atom. The van der Waals surface area contributed by atoms with Gasteiger partial charge >= 0.3 is 0 Å². The fourth-order valence-corrected chi connectivity index (χ4v) is 2.07. The molecule has 0 fully saturated rings. The minimum Gasteiger partial charge on any atom is -0.308 e. The third-order valence-corrected chi connectivity index (χ3v) is 3.11. The molecular weight excluding hydrogens is 329 g/mol. The van der Waals surface area contributed by atoms with Gasteiger partial charge in [0.1, 0.15) is 0 Å². The van der Waals surface area contributed by atoms with Gasteiger partial charge < -0.3 is 4.57 Å². The first-order valence-corrected chi connectivity index (χ1v) is 6.54. The van der Waals surface area contributed by atoms with E-state index >= 15 is 0 Å². The minimum atomic E-state index is 0.00418. The number of aromatic nitrogens is 3. The molecule has 90 valence electrons. The number of nitrogens with zero attached hydrogens (tertiary/aromatic N) is 3. The van der Waals surface area contributed by atoms with Gasteiger partial charge in [-0.1, -0.05) is 0 Å². The Balaban J connectivity index is 2.25. The van der Waals surface area contributed by atoms with E-state index in [2.05, 4.69) is 41.5 Å². The fraction of sp³-hybridized carbons (Fsp3) is 0.333. The van der Waals surface area contributed by atoms with Crippen LogP contribution >= 0.6 is 22.6 Å². The molecule has 2 heterocycles. The van der Waals surface area contributed by atoms with Crippen molar-refractivity contribution in [3.8, 4) is 0 Å². The summed E-state index contributed by atoms with van der Waals surface area (Å²) < 4.78 is 4.62. The standard InChI is InChI=1S/C12H14IN3O/c1-9(2)16-6-5-11(14-16)8-15-7-10(13)3-4-12(15)17/h3-7,9H,8H2,1-2H3. The molecule has 2 aromatic heterocycles. The van der Waals surface area contributed by atoms with Crippen LogP contribution in [-0.2, 0) is 6.54 Å². The Bertz CT molecular complexity index is 571. The zero-order chi connectivity index (χ0) is 12.4. The van der Waals surface area contributed by atoms with E-state index in [1.165, 1.54) is 0 Å². The first-order valence-electron chi connectivity index (χ1n) is 5.46. The van der Waals surface area contributed by atoms with Gasteiger partial charge in [-0.05, 0) is 48.6 Å². The van der Waals surface area contributed by atoms with Crippen LogP contribution < -0.4 is 5.56 Å². The van der Waals surface area contributed by atoms with Crippen molar-refractivity contribution in [3.05, 3.63) is 50.2 Å². The monoisotopic (exact) mass is 343 g/mol. The second-order valence-electron chi connectivity index (χ2n) is 4.19. The molecule has 0 spiro atoms. The van der Waals surface area contributed by atoms with E-state index in [9.17, 15) is 4.79 Å². The number of halogens is 1. The van der Waals surface area contributed by atoms with Crippen LogP contribution in [0.1, 0.15) is 25.6 Å². The molecule has 17 heavy (non-hydrogen) atoms. The molecule has 0 amide bonds. The molecule has 2 aromatic rings. The van der Waals surface area contributed by atoms with Crippen molar-refractivity contribution >= 4 is 22.6 Å². The summed E-state index contributed by atoms with van der Waals surface area (Å²) in [5.41, 5.74) is 0.910. The zero-order valence-electron chi connectivity index (χ0n) is 9.80. The Morgan fingerprint density at radius 1 is 1.35 bits per heavy atom. The molecule has 0 radical (unpaired) electrons. The molecule has 0 aliphatic carbocycles. The molecule has 0 unspecified atom stereocenters. The van der Waals surface area contributed by atoms with E-state index in [-0.39, 0.29) is 5.56 Å². The predicted octanol–water partition coefficient (Wildman–Crippen LogP) is 2.28. The van der Waals surface area contributed by atoms with Gasteiger partial charge in [-0.2, -0.15) is 5.10 Å². The maximum Gasteiger partial charge on any atom is 0.250 e. The lowest BCUT2D eigenvalue weighted by Gasteiger charge is -2.05. The summed E-state index contributed by atoms with van der Waals surface area (Å²) in [6.07, 6.45) is 3.79. The SMILES string of the molecule is CC(C)n1ccc(Cn2cc(I)ccc2=O)n1. The van der Waals surface area contributed by atoms with Gasteiger partial charge in [0.15, 0.2) is 0 Å². The highest BCUT2D eigenvalue weighted by Gasteiger charge is 2.04. The summed E-state index contributed by atoms with van der Waals surface area (Å²) in [6.45, 7) is 4.68. The van der Waals surface area contributed by atoms with E-state index in [0.717, 1.165) is 9.26 Å². The van der Waals surface area contributed by atoms with Crippen molar-refractivity contribution in [3.63, 3.8) is 0 Å². The van der Waals surface area contributed by atoms with Gasteiger partial charge in [0.05, 0.1) is 12.2 Å². The van der Waals surface area contributed by atoms with Crippen LogP contribution in [-0.4, -0.2) is 14.3 Å². The molecule has 5 heteroatoms. The normalized spacial score (nSPS) is 11.1. The van der Waals surface area contributed by atoms with Crippen molar-refractivity contribution in [2.45, 2.75) is 26.4 Å². The first kappa shape index (κ1) is 12.3. The van der Waals surface area contributed by atoms with E-state index in [4.69, 9.17) is 0 Å². The first-order chi connectivity index (χ1) is 8.06. The van der Waals surface area contributed by atoms with E-state index in [1.54, 1.807) is 10.6 Å². The smallest absolute Gasteiger partial charge is 0.250 e. The summed E-state index contributed by atoms with van der Waals surface area (Å²) in [6, 6.07) is 5.69. The van der Waals surface area contributed by atoms with Crippen LogP contribution in [0.15, 0.2) is 35.4 Å². The Labute approximate surface area is 113 Å². The van der Waals surface area contributed by atoms with Crippen molar-refractivity contribution in [1.29, 1.82) is 0 Å². The van der Waals surface area contributed by atoms with Gasteiger partial charge in [-0.15, -0.1) is 0 Å². The lowest BCUT2D eigenvalue weighted by molar-refractivity contribution is 0.523. The van der Waals surface area contributed by atoms with Crippen LogP contribution in [0.2, 0.25) is 0 Å². The molecule has 2 rings (SSSR count). The molecule has 0 saturated heterocycles. The molecule has 0 bridgehead atoms. The van der Waals surface area contributed by atoms with Gasteiger partial charge in [-0.3, -0.25) is 9.48 Å². The highest BCUT2D eigenvalue weighted by molar-refractivity contribution is 14.1. The highest BCUT2D eigenvalue weighted by atomic mass is 127. The fourth-order valence-electron chi connectivity index (χ4n) is 1.55. The maximum atomic E-state index is 11.6. The molecular formula is C12H14IN3O. The summed E-state index contributed by atoms with van der Waals surface area (Å²) in [5, 5.41) is 4.43. The second kappa shape index (κ2) is 5.03. The average molecular weight is 343 g/mol. The summed E-state index contributed by atoms with van der Waals surface area (Å²) in [5.74, 6) is 0. The summed E-state index contributed by atoms with van der Waals surface area (Å²) in [4.78, 5) is 11.6. The third-order valence-electron chi connectivity index (χ3n) is 2.47. The lowest BCUT2D eigenvalue weighted by atomic mass is 10.4. The molecule has 0 aliphatic rings. The van der Waals surface area contributed by atoms with Crippen LogP contribution in [0.25, 0.3) is 0 Å². The van der Waals surface area contributed by atoms with E-state index in [1.807, 2.05) is 29.2 Å². The highest BCUT2D eigenvalue weighted by Crippen LogP contribution is 2.06. The predicted molar refractivity (Wildman–Crippen MR) is 75.1 cm³/mol. The van der Waals surface area contributed by atoms with Crippen LogP contribution in [0.4, 0.5) is 0 Å². The van der Waals surface area contributed by atoms with Crippen LogP contribution in [0, 0.1) is 3.57 Å². The molecule has 0 aliphatic heterocycles. The molecule has 0 atom stereocenters. The summed E-state index contributed by atoms with van der Waals surface area (Å²) >= 11 is 2.20. The molecule has 4 nitrogen and oxygen atoms in total.